The zero-order valence-corrected chi connectivity index (χ0v) is 9.72. The molecule has 1 unspecified atom stereocenters. The zero-order valence-electron chi connectivity index (χ0n) is 8.90. The maximum atomic E-state index is 12.0. The van der Waals surface area contributed by atoms with Gasteiger partial charge in [-0.25, -0.2) is 0 Å². The van der Waals surface area contributed by atoms with Crippen LogP contribution in [0.15, 0.2) is 0 Å². The van der Waals surface area contributed by atoms with Crippen LogP contribution in [0, 0.1) is 0 Å². The summed E-state index contributed by atoms with van der Waals surface area (Å²) in [5, 5.41) is 5.55. The van der Waals surface area contributed by atoms with Crippen molar-refractivity contribution in [1.29, 1.82) is 0 Å². The SMILES string of the molecule is O=C1CNC(C(=O)N2CCS(=O)CC2)CN1. The molecule has 6 nitrogen and oxygen atoms in total. The lowest BCUT2D eigenvalue weighted by Crippen LogP contribution is -2.60. The van der Waals surface area contributed by atoms with Crippen molar-refractivity contribution in [3.8, 4) is 0 Å². The van der Waals surface area contributed by atoms with Gasteiger partial charge < -0.3 is 10.2 Å². The largest absolute Gasteiger partial charge is 0.353 e. The maximum Gasteiger partial charge on any atom is 0.241 e. The van der Waals surface area contributed by atoms with E-state index < -0.39 is 10.8 Å². The molecule has 2 aliphatic rings. The molecule has 0 saturated carbocycles. The minimum atomic E-state index is -0.772. The van der Waals surface area contributed by atoms with Crippen molar-refractivity contribution in [2.75, 3.05) is 37.7 Å². The number of carbonyl (C=O) groups excluding carboxylic acids is 2. The summed E-state index contributed by atoms with van der Waals surface area (Å²) in [5.74, 6) is 1.04. The molecular formula is C9H15N3O3S. The van der Waals surface area contributed by atoms with Crippen LogP contribution in [0.5, 0.6) is 0 Å². The van der Waals surface area contributed by atoms with Gasteiger partial charge in [0.15, 0.2) is 0 Å². The lowest BCUT2D eigenvalue weighted by atomic mass is 10.2. The number of nitrogens with one attached hydrogen (secondary N) is 2. The number of amides is 2. The molecule has 0 radical (unpaired) electrons. The average Bonchev–Trinajstić information content (AvgIpc) is 2.30. The number of hydrogen-bond acceptors (Lipinski definition) is 4. The predicted molar refractivity (Wildman–Crippen MR) is 59.3 cm³/mol. The van der Waals surface area contributed by atoms with Gasteiger partial charge in [0.25, 0.3) is 0 Å². The lowest BCUT2D eigenvalue weighted by Gasteiger charge is -2.32. The Morgan fingerprint density at radius 2 is 2.06 bits per heavy atom. The second kappa shape index (κ2) is 4.92. The fourth-order valence-corrected chi connectivity index (χ4v) is 2.87. The first-order valence-electron chi connectivity index (χ1n) is 5.30. The Labute approximate surface area is 96.2 Å². The summed E-state index contributed by atoms with van der Waals surface area (Å²) in [4.78, 5) is 24.6. The van der Waals surface area contributed by atoms with E-state index in [1.165, 1.54) is 0 Å². The maximum absolute atomic E-state index is 12.0. The van der Waals surface area contributed by atoms with Crippen molar-refractivity contribution in [2.45, 2.75) is 6.04 Å². The Bertz CT molecular complexity index is 284. The smallest absolute Gasteiger partial charge is 0.241 e. The molecule has 2 aliphatic heterocycles. The molecular weight excluding hydrogens is 230 g/mol. The first-order valence-corrected chi connectivity index (χ1v) is 6.79. The average molecular weight is 245 g/mol. The summed E-state index contributed by atoms with van der Waals surface area (Å²) in [6, 6.07) is -0.329. The second-order valence-corrected chi connectivity index (χ2v) is 5.61. The summed E-state index contributed by atoms with van der Waals surface area (Å²) in [6.07, 6.45) is 0. The number of piperazine rings is 1. The van der Waals surface area contributed by atoms with E-state index in [4.69, 9.17) is 0 Å². The third kappa shape index (κ3) is 2.59. The highest BCUT2D eigenvalue weighted by atomic mass is 32.2. The van der Waals surface area contributed by atoms with Crippen LogP contribution in [0.2, 0.25) is 0 Å². The molecule has 0 aliphatic carbocycles. The zero-order chi connectivity index (χ0) is 11.5. The fraction of sp³-hybridized carbons (Fsp3) is 0.778. The van der Waals surface area contributed by atoms with E-state index in [1.54, 1.807) is 4.90 Å². The highest BCUT2D eigenvalue weighted by Gasteiger charge is 2.29. The van der Waals surface area contributed by atoms with Crippen molar-refractivity contribution in [1.82, 2.24) is 15.5 Å². The van der Waals surface area contributed by atoms with Crippen LogP contribution in [-0.4, -0.2) is 64.6 Å². The molecule has 0 bridgehead atoms. The van der Waals surface area contributed by atoms with Gasteiger partial charge in [-0.1, -0.05) is 0 Å². The molecule has 0 aromatic rings. The molecule has 2 rings (SSSR count). The molecule has 2 heterocycles. The number of rotatable bonds is 1. The Morgan fingerprint density at radius 3 is 2.62 bits per heavy atom. The van der Waals surface area contributed by atoms with Crippen molar-refractivity contribution in [3.05, 3.63) is 0 Å². The Hall–Kier alpha value is -0.950. The van der Waals surface area contributed by atoms with Gasteiger partial charge >= 0.3 is 0 Å². The van der Waals surface area contributed by atoms with Crippen molar-refractivity contribution < 1.29 is 13.8 Å². The van der Waals surface area contributed by atoms with Crippen LogP contribution >= 0.6 is 0 Å². The molecule has 1 atom stereocenters. The summed E-state index contributed by atoms with van der Waals surface area (Å²) in [6.45, 7) is 1.64. The van der Waals surface area contributed by atoms with E-state index in [2.05, 4.69) is 10.6 Å². The first-order chi connectivity index (χ1) is 7.66. The number of carbonyl (C=O) groups is 2. The van der Waals surface area contributed by atoms with Gasteiger partial charge in [-0.2, -0.15) is 0 Å². The van der Waals surface area contributed by atoms with E-state index in [1.807, 2.05) is 0 Å². The van der Waals surface area contributed by atoms with Gasteiger partial charge in [-0.15, -0.1) is 0 Å². The Morgan fingerprint density at radius 1 is 1.38 bits per heavy atom. The van der Waals surface area contributed by atoms with Gasteiger partial charge in [0.05, 0.1) is 6.54 Å². The quantitative estimate of drug-likeness (QED) is 0.543. The van der Waals surface area contributed by atoms with E-state index in [0.717, 1.165) is 0 Å². The van der Waals surface area contributed by atoms with E-state index >= 15 is 0 Å². The second-order valence-electron chi connectivity index (χ2n) is 3.91. The van der Waals surface area contributed by atoms with Gasteiger partial charge in [-0.3, -0.25) is 19.1 Å². The van der Waals surface area contributed by atoms with Gasteiger partial charge in [0.1, 0.15) is 6.04 Å². The minimum absolute atomic E-state index is 0.00306. The van der Waals surface area contributed by atoms with E-state index in [9.17, 15) is 13.8 Å². The van der Waals surface area contributed by atoms with Crippen LogP contribution < -0.4 is 10.6 Å². The molecule has 0 spiro atoms. The van der Waals surface area contributed by atoms with Crippen LogP contribution in [0.1, 0.15) is 0 Å². The van der Waals surface area contributed by atoms with E-state index in [0.29, 0.717) is 31.1 Å². The Balaban J connectivity index is 1.87. The first kappa shape index (κ1) is 11.5. The lowest BCUT2D eigenvalue weighted by molar-refractivity contribution is -0.134. The van der Waals surface area contributed by atoms with Crippen LogP contribution in [0.25, 0.3) is 0 Å². The molecule has 7 heteroatoms. The normalized spacial score (nSPS) is 27.6. The fourth-order valence-electron chi connectivity index (χ4n) is 1.82. The third-order valence-corrected chi connectivity index (χ3v) is 4.08. The van der Waals surface area contributed by atoms with Crippen molar-refractivity contribution in [2.24, 2.45) is 0 Å². The predicted octanol–water partition coefficient (Wildman–Crippen LogP) is -2.33. The molecule has 16 heavy (non-hydrogen) atoms. The summed E-state index contributed by atoms with van der Waals surface area (Å²) < 4.78 is 11.2. The van der Waals surface area contributed by atoms with Gasteiger partial charge in [0, 0.05) is 41.9 Å². The Kier molecular flexibility index (Phi) is 3.55. The number of hydrogen-bond donors (Lipinski definition) is 2. The van der Waals surface area contributed by atoms with Crippen LogP contribution in [-0.2, 0) is 20.4 Å². The topological polar surface area (TPSA) is 78.5 Å². The molecule has 2 fully saturated rings. The van der Waals surface area contributed by atoms with Gasteiger partial charge in [-0.05, 0) is 0 Å². The highest BCUT2D eigenvalue weighted by molar-refractivity contribution is 7.85. The van der Waals surface area contributed by atoms with Gasteiger partial charge in [0.2, 0.25) is 11.8 Å². The van der Waals surface area contributed by atoms with Crippen LogP contribution in [0.4, 0.5) is 0 Å². The molecule has 90 valence electrons. The summed E-state index contributed by atoms with van der Waals surface area (Å²) >= 11 is 0. The third-order valence-electron chi connectivity index (χ3n) is 2.80. The molecule has 0 aromatic carbocycles. The number of nitrogens with zero attached hydrogens (tertiary/aromatic N) is 1. The molecule has 2 amide bonds. The van der Waals surface area contributed by atoms with Crippen LogP contribution in [0.3, 0.4) is 0 Å². The summed E-state index contributed by atoms with van der Waals surface area (Å²) in [5.41, 5.74) is 0. The standard InChI is InChI=1S/C9H15N3O3S/c13-8-6-10-7(5-11-8)9(14)12-1-3-16(15)4-2-12/h7,10H,1-6H2,(H,11,13). The highest BCUT2D eigenvalue weighted by Crippen LogP contribution is 2.03. The van der Waals surface area contributed by atoms with E-state index in [-0.39, 0.29) is 24.4 Å². The van der Waals surface area contributed by atoms with Crippen molar-refractivity contribution in [3.63, 3.8) is 0 Å². The molecule has 2 saturated heterocycles. The molecule has 0 aromatic heterocycles. The molecule has 2 N–H and O–H groups in total. The summed E-state index contributed by atoms with van der Waals surface area (Å²) in [7, 11) is -0.772. The van der Waals surface area contributed by atoms with Crippen molar-refractivity contribution >= 4 is 22.6 Å². The monoisotopic (exact) mass is 245 g/mol. The minimum Gasteiger partial charge on any atom is -0.353 e.